The molecule has 0 amide bonds. The second-order valence-electron chi connectivity index (χ2n) is 2.78. The lowest BCUT2D eigenvalue weighted by molar-refractivity contribution is -0.134. The molecule has 1 aromatic carbocycles. The van der Waals surface area contributed by atoms with Crippen molar-refractivity contribution in [2.75, 3.05) is 0 Å². The van der Waals surface area contributed by atoms with Crippen LogP contribution in [0, 0.1) is 0 Å². The first-order valence-corrected chi connectivity index (χ1v) is 4.25. The lowest BCUT2D eigenvalue weighted by atomic mass is 10.1. The first kappa shape index (κ1) is 9.93. The lowest BCUT2D eigenvalue weighted by Crippen LogP contribution is -2.12. The number of hydrogen-bond acceptors (Lipinski definition) is 2. The highest BCUT2D eigenvalue weighted by Gasteiger charge is 2.07. The van der Waals surface area contributed by atoms with Crippen molar-refractivity contribution >= 4 is 23.2 Å². The SMILES string of the molecule is CC(=O)C(=O)Cc1ccc(Cl)cc1. The standard InChI is InChI=1S/C10H9ClO2/c1-7(12)10(13)6-8-2-4-9(11)5-3-8/h2-5H,6H2,1H3. The van der Waals surface area contributed by atoms with Crippen molar-refractivity contribution in [3.63, 3.8) is 0 Å². The Balaban J connectivity index is 2.70. The maximum Gasteiger partial charge on any atom is 0.202 e. The largest absolute Gasteiger partial charge is 0.291 e. The van der Waals surface area contributed by atoms with Crippen LogP contribution in [-0.4, -0.2) is 11.6 Å². The maximum atomic E-state index is 11.0. The third-order valence-electron chi connectivity index (χ3n) is 1.67. The van der Waals surface area contributed by atoms with E-state index in [1.54, 1.807) is 24.3 Å². The summed E-state index contributed by atoms with van der Waals surface area (Å²) in [6, 6.07) is 6.88. The summed E-state index contributed by atoms with van der Waals surface area (Å²) in [6.07, 6.45) is 0.159. The molecule has 0 aliphatic rings. The van der Waals surface area contributed by atoms with Crippen molar-refractivity contribution in [2.45, 2.75) is 13.3 Å². The van der Waals surface area contributed by atoms with E-state index < -0.39 is 5.78 Å². The van der Waals surface area contributed by atoms with Gasteiger partial charge in [0.25, 0.3) is 0 Å². The molecule has 68 valence electrons. The van der Waals surface area contributed by atoms with Gasteiger partial charge < -0.3 is 0 Å². The van der Waals surface area contributed by atoms with Crippen LogP contribution in [0.4, 0.5) is 0 Å². The molecule has 0 aromatic heterocycles. The van der Waals surface area contributed by atoms with E-state index in [1.165, 1.54) is 6.92 Å². The molecule has 0 spiro atoms. The fourth-order valence-electron chi connectivity index (χ4n) is 0.912. The van der Waals surface area contributed by atoms with Gasteiger partial charge in [-0.05, 0) is 17.7 Å². The van der Waals surface area contributed by atoms with Crippen molar-refractivity contribution in [3.8, 4) is 0 Å². The van der Waals surface area contributed by atoms with Gasteiger partial charge in [-0.2, -0.15) is 0 Å². The summed E-state index contributed by atoms with van der Waals surface area (Å²) in [4.78, 5) is 21.7. The van der Waals surface area contributed by atoms with Crippen LogP contribution in [0.15, 0.2) is 24.3 Å². The molecule has 0 aliphatic heterocycles. The van der Waals surface area contributed by atoms with Crippen LogP contribution in [0.5, 0.6) is 0 Å². The summed E-state index contributed by atoms with van der Waals surface area (Å²) in [6.45, 7) is 1.28. The molecule has 0 bridgehead atoms. The van der Waals surface area contributed by atoms with E-state index in [1.807, 2.05) is 0 Å². The molecule has 0 radical (unpaired) electrons. The summed E-state index contributed by atoms with van der Waals surface area (Å²) in [5.74, 6) is -0.780. The normalized spacial score (nSPS) is 9.69. The van der Waals surface area contributed by atoms with Crippen LogP contribution in [0.25, 0.3) is 0 Å². The molecule has 1 rings (SSSR count). The fourth-order valence-corrected chi connectivity index (χ4v) is 1.04. The van der Waals surface area contributed by atoms with E-state index in [9.17, 15) is 9.59 Å². The Hall–Kier alpha value is -1.15. The van der Waals surface area contributed by atoms with Gasteiger partial charge in [-0.15, -0.1) is 0 Å². The van der Waals surface area contributed by atoms with Gasteiger partial charge in [-0.3, -0.25) is 9.59 Å². The van der Waals surface area contributed by atoms with Gasteiger partial charge in [0.1, 0.15) is 0 Å². The third kappa shape index (κ3) is 2.99. The zero-order chi connectivity index (χ0) is 9.84. The number of benzene rings is 1. The van der Waals surface area contributed by atoms with E-state index in [0.717, 1.165) is 5.56 Å². The molecule has 0 aliphatic carbocycles. The Bertz CT molecular complexity index is 327. The summed E-state index contributed by atoms with van der Waals surface area (Å²) in [5, 5.41) is 0.624. The van der Waals surface area contributed by atoms with Crippen molar-refractivity contribution in [1.29, 1.82) is 0 Å². The predicted molar refractivity (Wildman–Crippen MR) is 50.8 cm³/mol. The predicted octanol–water partition coefficient (Wildman–Crippen LogP) is 2.04. The van der Waals surface area contributed by atoms with Crippen LogP contribution in [0.1, 0.15) is 12.5 Å². The number of hydrogen-bond donors (Lipinski definition) is 0. The molecule has 0 saturated heterocycles. The van der Waals surface area contributed by atoms with E-state index in [4.69, 9.17) is 11.6 Å². The zero-order valence-electron chi connectivity index (χ0n) is 7.21. The van der Waals surface area contributed by atoms with Gasteiger partial charge in [0.2, 0.25) is 5.78 Å². The van der Waals surface area contributed by atoms with E-state index in [0.29, 0.717) is 5.02 Å². The molecule has 0 fully saturated rings. The second kappa shape index (κ2) is 4.19. The highest BCUT2D eigenvalue weighted by molar-refractivity contribution is 6.36. The van der Waals surface area contributed by atoms with Crippen molar-refractivity contribution in [2.24, 2.45) is 0 Å². The molecule has 0 unspecified atom stereocenters. The number of carbonyl (C=O) groups is 2. The first-order chi connectivity index (χ1) is 6.09. The molecule has 1 aromatic rings. The van der Waals surface area contributed by atoms with Gasteiger partial charge >= 0.3 is 0 Å². The van der Waals surface area contributed by atoms with Gasteiger partial charge in [0.05, 0.1) is 0 Å². The smallest absolute Gasteiger partial charge is 0.202 e. The fraction of sp³-hybridized carbons (Fsp3) is 0.200. The van der Waals surface area contributed by atoms with Gasteiger partial charge in [0, 0.05) is 18.4 Å². The summed E-state index contributed by atoms with van der Waals surface area (Å²) in [7, 11) is 0. The summed E-state index contributed by atoms with van der Waals surface area (Å²) < 4.78 is 0. The Morgan fingerprint density at radius 2 is 1.77 bits per heavy atom. The molecule has 13 heavy (non-hydrogen) atoms. The van der Waals surface area contributed by atoms with Crippen molar-refractivity contribution < 1.29 is 9.59 Å². The minimum absolute atomic E-state index is 0.159. The summed E-state index contributed by atoms with van der Waals surface area (Å²) >= 11 is 5.66. The Morgan fingerprint density at radius 3 is 2.23 bits per heavy atom. The topological polar surface area (TPSA) is 34.1 Å². The van der Waals surface area contributed by atoms with Crippen LogP contribution < -0.4 is 0 Å². The number of halogens is 1. The van der Waals surface area contributed by atoms with Crippen LogP contribution in [0.3, 0.4) is 0 Å². The van der Waals surface area contributed by atoms with Gasteiger partial charge in [-0.25, -0.2) is 0 Å². The molecule has 0 atom stereocenters. The zero-order valence-corrected chi connectivity index (χ0v) is 7.97. The summed E-state index contributed by atoms with van der Waals surface area (Å²) in [5.41, 5.74) is 0.810. The van der Waals surface area contributed by atoms with E-state index in [-0.39, 0.29) is 12.2 Å². The van der Waals surface area contributed by atoms with Crippen molar-refractivity contribution in [1.82, 2.24) is 0 Å². The number of rotatable bonds is 3. The maximum absolute atomic E-state index is 11.0. The minimum atomic E-state index is -0.407. The number of carbonyl (C=O) groups excluding carboxylic acids is 2. The van der Waals surface area contributed by atoms with Crippen molar-refractivity contribution in [3.05, 3.63) is 34.9 Å². The molecule has 0 saturated carbocycles. The van der Waals surface area contributed by atoms with Crippen LogP contribution in [-0.2, 0) is 16.0 Å². The monoisotopic (exact) mass is 196 g/mol. The highest BCUT2D eigenvalue weighted by atomic mass is 35.5. The molecule has 0 N–H and O–H groups in total. The second-order valence-corrected chi connectivity index (χ2v) is 3.22. The Morgan fingerprint density at radius 1 is 1.23 bits per heavy atom. The van der Waals surface area contributed by atoms with E-state index >= 15 is 0 Å². The Kier molecular flexibility index (Phi) is 3.20. The molecule has 3 heteroatoms. The van der Waals surface area contributed by atoms with Crippen LogP contribution >= 0.6 is 11.6 Å². The molecular weight excluding hydrogens is 188 g/mol. The molecular formula is C10H9ClO2. The van der Waals surface area contributed by atoms with Gasteiger partial charge in [-0.1, -0.05) is 23.7 Å². The number of ketones is 2. The van der Waals surface area contributed by atoms with Gasteiger partial charge in [0.15, 0.2) is 5.78 Å². The third-order valence-corrected chi connectivity index (χ3v) is 1.92. The van der Waals surface area contributed by atoms with Crippen LogP contribution in [0.2, 0.25) is 5.02 Å². The molecule has 2 nitrogen and oxygen atoms in total. The Labute approximate surface area is 81.5 Å². The molecule has 0 heterocycles. The highest BCUT2D eigenvalue weighted by Crippen LogP contribution is 2.10. The quantitative estimate of drug-likeness (QED) is 0.694. The minimum Gasteiger partial charge on any atom is -0.291 e. The number of Topliss-reactive ketones (excluding diaryl/α,β-unsaturated/α-hetero) is 2. The average molecular weight is 197 g/mol. The first-order valence-electron chi connectivity index (χ1n) is 3.88. The lowest BCUT2D eigenvalue weighted by Gasteiger charge is -1.97. The van der Waals surface area contributed by atoms with E-state index in [2.05, 4.69) is 0 Å². The average Bonchev–Trinajstić information content (AvgIpc) is 2.08.